The lowest BCUT2D eigenvalue weighted by Gasteiger charge is -2.19. The molecule has 0 spiro atoms. The molecule has 1 aromatic heterocycles. The van der Waals surface area contributed by atoms with E-state index in [0.29, 0.717) is 0 Å². The van der Waals surface area contributed by atoms with Crippen LogP contribution >= 0.6 is 38.5 Å². The summed E-state index contributed by atoms with van der Waals surface area (Å²) in [4.78, 5) is 12.0. The Hall–Kier alpha value is -0.630. The van der Waals surface area contributed by atoms with Crippen LogP contribution in [0.2, 0.25) is 0 Å². The second kappa shape index (κ2) is 5.63. The topological polar surface area (TPSA) is 44.1 Å². The predicted octanol–water partition coefficient (Wildman–Crippen LogP) is 4.05. The Morgan fingerprint density at radius 1 is 1.45 bits per heavy atom. The first-order valence-electron chi connectivity index (χ1n) is 6.21. The van der Waals surface area contributed by atoms with Crippen molar-refractivity contribution in [2.24, 2.45) is 0 Å². The van der Waals surface area contributed by atoms with Gasteiger partial charge in [0.25, 0.3) is 0 Å². The fourth-order valence-corrected chi connectivity index (χ4v) is 3.30. The molecule has 0 aliphatic carbocycles. The van der Waals surface area contributed by atoms with Crippen LogP contribution in [-0.2, 0) is 16.1 Å². The van der Waals surface area contributed by atoms with E-state index < -0.39 is 5.60 Å². The average Bonchev–Trinajstić information content (AvgIpc) is 2.52. The number of rotatable bonds is 2. The van der Waals surface area contributed by atoms with Crippen LogP contribution in [0.4, 0.5) is 0 Å². The third-order valence-electron chi connectivity index (χ3n) is 2.65. The highest BCUT2D eigenvalue weighted by atomic mass is 127. The molecule has 0 aliphatic rings. The van der Waals surface area contributed by atoms with E-state index in [1.807, 2.05) is 39.8 Å². The van der Waals surface area contributed by atoms with Crippen LogP contribution in [0, 0.1) is 10.6 Å². The minimum Gasteiger partial charge on any atom is -0.459 e. The van der Waals surface area contributed by atoms with Crippen LogP contribution in [-0.4, -0.2) is 21.4 Å². The Balaban J connectivity index is 2.39. The molecule has 2 rings (SSSR count). The zero-order valence-corrected chi connectivity index (χ0v) is 15.6. The standard InChI is InChI=1S/C14H16BrIN2O2/c1-8-5-9(15)6-10-12(8)18(17-13(10)16)7-11(19)20-14(2,3)4/h5-6H,7H2,1-4H3. The summed E-state index contributed by atoms with van der Waals surface area (Å²) in [6.07, 6.45) is 0. The largest absolute Gasteiger partial charge is 0.459 e. The van der Waals surface area contributed by atoms with Gasteiger partial charge in [-0.25, -0.2) is 0 Å². The van der Waals surface area contributed by atoms with Gasteiger partial charge in [-0.1, -0.05) is 15.9 Å². The van der Waals surface area contributed by atoms with E-state index in [2.05, 4.69) is 43.6 Å². The van der Waals surface area contributed by atoms with E-state index >= 15 is 0 Å². The van der Waals surface area contributed by atoms with Gasteiger partial charge < -0.3 is 4.74 Å². The predicted molar refractivity (Wildman–Crippen MR) is 90.7 cm³/mol. The summed E-state index contributed by atoms with van der Waals surface area (Å²) >= 11 is 5.67. The summed E-state index contributed by atoms with van der Waals surface area (Å²) in [5.41, 5.74) is 1.57. The smallest absolute Gasteiger partial charge is 0.328 e. The van der Waals surface area contributed by atoms with Crippen LogP contribution in [0.3, 0.4) is 0 Å². The first-order valence-corrected chi connectivity index (χ1v) is 8.08. The van der Waals surface area contributed by atoms with Gasteiger partial charge in [-0.3, -0.25) is 9.48 Å². The van der Waals surface area contributed by atoms with E-state index in [1.54, 1.807) is 4.68 Å². The molecule has 20 heavy (non-hydrogen) atoms. The van der Waals surface area contributed by atoms with Crippen molar-refractivity contribution in [3.8, 4) is 0 Å². The molecule has 0 unspecified atom stereocenters. The maximum absolute atomic E-state index is 12.0. The van der Waals surface area contributed by atoms with Gasteiger partial charge in [-0.15, -0.1) is 0 Å². The summed E-state index contributed by atoms with van der Waals surface area (Å²) in [5, 5.41) is 5.49. The van der Waals surface area contributed by atoms with Crippen LogP contribution in [0.25, 0.3) is 10.9 Å². The quantitative estimate of drug-likeness (QED) is 0.512. The number of esters is 1. The molecule has 1 heterocycles. The van der Waals surface area contributed by atoms with E-state index in [-0.39, 0.29) is 12.5 Å². The molecule has 2 aromatic rings. The minimum absolute atomic E-state index is 0.124. The number of halogens is 2. The van der Waals surface area contributed by atoms with E-state index in [0.717, 1.165) is 24.6 Å². The lowest BCUT2D eigenvalue weighted by Crippen LogP contribution is -2.26. The molecular formula is C14H16BrIN2O2. The first-order chi connectivity index (χ1) is 9.17. The molecule has 0 saturated heterocycles. The maximum atomic E-state index is 12.0. The van der Waals surface area contributed by atoms with Crippen molar-refractivity contribution in [3.63, 3.8) is 0 Å². The summed E-state index contributed by atoms with van der Waals surface area (Å²) in [6.45, 7) is 7.71. The zero-order chi connectivity index (χ0) is 15.1. The van der Waals surface area contributed by atoms with Gasteiger partial charge in [0, 0.05) is 9.86 Å². The lowest BCUT2D eigenvalue weighted by molar-refractivity contribution is -0.155. The third kappa shape index (κ3) is 3.52. The van der Waals surface area contributed by atoms with E-state index in [9.17, 15) is 4.79 Å². The Morgan fingerprint density at radius 2 is 2.10 bits per heavy atom. The van der Waals surface area contributed by atoms with E-state index in [1.165, 1.54) is 0 Å². The van der Waals surface area contributed by atoms with Crippen molar-refractivity contribution < 1.29 is 9.53 Å². The molecule has 0 amide bonds. The molecule has 0 N–H and O–H groups in total. The number of carbonyl (C=O) groups excluding carboxylic acids is 1. The Labute approximate surface area is 140 Å². The molecule has 1 aromatic carbocycles. The molecular weight excluding hydrogens is 435 g/mol. The molecule has 0 aliphatic heterocycles. The molecule has 4 nitrogen and oxygen atoms in total. The number of fused-ring (bicyclic) bond motifs is 1. The van der Waals surface area contributed by atoms with Gasteiger partial charge in [0.2, 0.25) is 0 Å². The van der Waals surface area contributed by atoms with E-state index in [4.69, 9.17) is 4.74 Å². The summed E-state index contributed by atoms with van der Waals surface area (Å²) < 4.78 is 8.96. The lowest BCUT2D eigenvalue weighted by atomic mass is 10.2. The monoisotopic (exact) mass is 450 g/mol. The van der Waals surface area contributed by atoms with Crippen LogP contribution in [0.1, 0.15) is 26.3 Å². The number of hydrogen-bond acceptors (Lipinski definition) is 3. The minimum atomic E-state index is -0.481. The summed E-state index contributed by atoms with van der Waals surface area (Å²) in [7, 11) is 0. The van der Waals surface area contributed by atoms with Gasteiger partial charge in [-0.2, -0.15) is 5.10 Å². The highest BCUT2D eigenvalue weighted by Gasteiger charge is 2.19. The number of carbonyl (C=O) groups is 1. The van der Waals surface area contributed by atoms with Gasteiger partial charge in [0.1, 0.15) is 15.8 Å². The van der Waals surface area contributed by atoms with Gasteiger partial charge in [-0.05, 0) is 68.0 Å². The second-order valence-electron chi connectivity index (χ2n) is 5.65. The zero-order valence-electron chi connectivity index (χ0n) is 11.8. The fourth-order valence-electron chi connectivity index (χ4n) is 2.06. The SMILES string of the molecule is Cc1cc(Br)cc2c(I)nn(CC(=O)OC(C)(C)C)c12. The first kappa shape index (κ1) is 15.8. The second-order valence-corrected chi connectivity index (χ2v) is 7.59. The number of ether oxygens (including phenoxy) is 1. The molecule has 6 heteroatoms. The molecule has 0 fully saturated rings. The number of aromatic nitrogens is 2. The fraction of sp³-hybridized carbons (Fsp3) is 0.429. The number of aryl methyl sites for hydroxylation is 1. The number of nitrogens with zero attached hydrogens (tertiary/aromatic N) is 2. The van der Waals surface area contributed by atoms with Crippen molar-refractivity contribution in [1.82, 2.24) is 9.78 Å². The molecule has 0 bridgehead atoms. The van der Waals surface area contributed by atoms with Gasteiger partial charge in [0.15, 0.2) is 0 Å². The molecule has 0 radical (unpaired) electrons. The van der Waals surface area contributed by atoms with Gasteiger partial charge >= 0.3 is 5.97 Å². The van der Waals surface area contributed by atoms with Crippen LogP contribution in [0.15, 0.2) is 16.6 Å². The highest BCUT2D eigenvalue weighted by Crippen LogP contribution is 2.27. The summed E-state index contributed by atoms with van der Waals surface area (Å²) in [5.74, 6) is -0.277. The maximum Gasteiger partial charge on any atom is 0.328 e. The highest BCUT2D eigenvalue weighted by molar-refractivity contribution is 14.1. The van der Waals surface area contributed by atoms with Gasteiger partial charge in [0.05, 0.1) is 5.52 Å². The molecule has 0 atom stereocenters. The third-order valence-corrected chi connectivity index (χ3v) is 3.91. The molecule has 108 valence electrons. The normalized spacial score (nSPS) is 11.9. The van der Waals surface area contributed by atoms with Crippen molar-refractivity contribution >= 4 is 55.4 Å². The van der Waals surface area contributed by atoms with Crippen molar-refractivity contribution in [1.29, 1.82) is 0 Å². The van der Waals surface area contributed by atoms with Crippen molar-refractivity contribution in [2.75, 3.05) is 0 Å². The van der Waals surface area contributed by atoms with Crippen LogP contribution < -0.4 is 0 Å². The Morgan fingerprint density at radius 3 is 2.70 bits per heavy atom. The van der Waals surface area contributed by atoms with Crippen molar-refractivity contribution in [3.05, 3.63) is 25.9 Å². The average molecular weight is 451 g/mol. The van der Waals surface area contributed by atoms with Crippen LogP contribution in [0.5, 0.6) is 0 Å². The Bertz CT molecular complexity index is 674. The summed E-state index contributed by atoms with van der Waals surface area (Å²) in [6, 6.07) is 4.04. The number of benzene rings is 1. The number of hydrogen-bond donors (Lipinski definition) is 0. The van der Waals surface area contributed by atoms with Crippen molar-refractivity contribution in [2.45, 2.75) is 39.8 Å². The Kier molecular flexibility index (Phi) is 4.44. The molecule has 0 saturated carbocycles.